The molecule has 2 aliphatic rings. The van der Waals surface area contributed by atoms with Crippen LogP contribution in [0.25, 0.3) is 0 Å². The number of hydrogen-bond donors (Lipinski definition) is 1. The molecule has 7 heteroatoms. The van der Waals surface area contributed by atoms with Crippen LogP contribution in [0.2, 0.25) is 0 Å². The van der Waals surface area contributed by atoms with Crippen LogP contribution in [0.15, 0.2) is 24.3 Å². The third-order valence-corrected chi connectivity index (χ3v) is 4.81. The van der Waals surface area contributed by atoms with E-state index >= 15 is 0 Å². The predicted molar refractivity (Wildman–Crippen MR) is 92.0 cm³/mol. The Kier molecular flexibility index (Phi) is 5.62. The van der Waals surface area contributed by atoms with Gasteiger partial charge in [-0.2, -0.15) is 0 Å². The highest BCUT2D eigenvalue weighted by Crippen LogP contribution is 2.23. The van der Waals surface area contributed by atoms with E-state index in [0.29, 0.717) is 30.1 Å². The van der Waals surface area contributed by atoms with Crippen LogP contribution in [0.3, 0.4) is 0 Å². The number of amides is 3. The highest BCUT2D eigenvalue weighted by atomic mass is 35.5. The molecule has 1 aromatic carbocycles. The lowest BCUT2D eigenvalue weighted by atomic mass is 9.91. The summed E-state index contributed by atoms with van der Waals surface area (Å²) in [7, 11) is 0. The minimum absolute atomic E-state index is 0. The van der Waals surface area contributed by atoms with Gasteiger partial charge in [0.2, 0.25) is 5.91 Å². The summed E-state index contributed by atoms with van der Waals surface area (Å²) < 4.78 is 0. The highest BCUT2D eigenvalue weighted by molar-refractivity contribution is 6.22. The van der Waals surface area contributed by atoms with Crippen molar-refractivity contribution in [2.24, 2.45) is 11.7 Å². The number of likely N-dealkylation sites (tertiary alicyclic amines) is 1. The maximum Gasteiger partial charge on any atom is 0.262 e. The molecule has 0 spiro atoms. The molecule has 2 N–H and O–H groups in total. The fourth-order valence-electron chi connectivity index (χ4n) is 3.29. The molecule has 24 heavy (non-hydrogen) atoms. The molecule has 6 nitrogen and oxygen atoms in total. The van der Waals surface area contributed by atoms with Crippen LogP contribution >= 0.6 is 12.4 Å². The lowest BCUT2D eigenvalue weighted by molar-refractivity contribution is -0.132. The molecule has 1 saturated heterocycles. The van der Waals surface area contributed by atoms with Gasteiger partial charge in [-0.3, -0.25) is 19.3 Å². The standard InChI is InChI=1S/C17H21N3O3.ClH/c1-11(18)12-6-8-19(9-7-12)15(21)10-20-16(22)13-4-2-3-5-14(13)17(20)23;/h2-5,11-12H,6-10,18H2,1H3;1H. The lowest BCUT2D eigenvalue weighted by Crippen LogP contribution is -2.47. The van der Waals surface area contributed by atoms with Gasteiger partial charge in [0.15, 0.2) is 0 Å². The Balaban J connectivity index is 0.00000208. The minimum atomic E-state index is -0.385. The first-order valence-corrected chi connectivity index (χ1v) is 7.97. The predicted octanol–water partition coefficient (Wildman–Crippen LogP) is 1.29. The number of imide groups is 1. The van der Waals surface area contributed by atoms with Crippen molar-refractivity contribution in [3.63, 3.8) is 0 Å². The quantitative estimate of drug-likeness (QED) is 0.832. The normalized spacial score (nSPS) is 19.1. The monoisotopic (exact) mass is 351 g/mol. The van der Waals surface area contributed by atoms with Crippen LogP contribution in [0.1, 0.15) is 40.5 Å². The van der Waals surface area contributed by atoms with Crippen molar-refractivity contribution in [3.8, 4) is 0 Å². The third-order valence-electron chi connectivity index (χ3n) is 4.81. The minimum Gasteiger partial charge on any atom is -0.341 e. The maximum atomic E-state index is 12.4. The lowest BCUT2D eigenvalue weighted by Gasteiger charge is -2.34. The topological polar surface area (TPSA) is 83.7 Å². The molecule has 1 atom stereocenters. The molecule has 0 aliphatic carbocycles. The number of carbonyl (C=O) groups is 3. The molecule has 1 aromatic rings. The van der Waals surface area contributed by atoms with Crippen molar-refractivity contribution in [3.05, 3.63) is 35.4 Å². The first kappa shape index (κ1) is 18.4. The molecule has 0 radical (unpaired) electrons. The van der Waals surface area contributed by atoms with Crippen LogP contribution in [0, 0.1) is 5.92 Å². The van der Waals surface area contributed by atoms with Crippen LogP contribution in [-0.4, -0.2) is 53.2 Å². The second-order valence-electron chi connectivity index (χ2n) is 6.32. The van der Waals surface area contributed by atoms with Gasteiger partial charge in [0.25, 0.3) is 11.8 Å². The second kappa shape index (κ2) is 7.32. The van der Waals surface area contributed by atoms with Gasteiger partial charge in [-0.15, -0.1) is 12.4 Å². The molecule has 130 valence electrons. The van der Waals surface area contributed by atoms with Crippen LogP contribution in [0.4, 0.5) is 0 Å². The summed E-state index contributed by atoms with van der Waals surface area (Å²) in [6.07, 6.45) is 1.73. The second-order valence-corrected chi connectivity index (χ2v) is 6.32. The first-order valence-electron chi connectivity index (χ1n) is 7.97. The van der Waals surface area contributed by atoms with Gasteiger partial charge in [0, 0.05) is 19.1 Å². The highest BCUT2D eigenvalue weighted by Gasteiger charge is 2.37. The van der Waals surface area contributed by atoms with Crippen LogP contribution in [0.5, 0.6) is 0 Å². The molecule has 1 unspecified atom stereocenters. The first-order chi connectivity index (χ1) is 11.0. The number of nitrogens with zero attached hydrogens (tertiary/aromatic N) is 2. The molecule has 2 aliphatic heterocycles. The van der Waals surface area contributed by atoms with Crippen molar-refractivity contribution in [2.75, 3.05) is 19.6 Å². The molecule has 3 amide bonds. The summed E-state index contributed by atoms with van der Waals surface area (Å²) >= 11 is 0. The molecular formula is C17H22ClN3O3. The number of fused-ring (bicyclic) bond motifs is 1. The summed E-state index contributed by atoms with van der Waals surface area (Å²) in [6, 6.07) is 6.80. The van der Waals surface area contributed by atoms with E-state index in [1.54, 1.807) is 29.2 Å². The number of benzene rings is 1. The number of nitrogens with two attached hydrogens (primary N) is 1. The van der Waals surface area contributed by atoms with E-state index in [1.807, 2.05) is 6.92 Å². The van der Waals surface area contributed by atoms with Crippen LogP contribution in [-0.2, 0) is 4.79 Å². The van der Waals surface area contributed by atoms with Crippen molar-refractivity contribution in [1.82, 2.24) is 9.80 Å². The molecule has 1 fully saturated rings. The number of halogens is 1. The third kappa shape index (κ3) is 3.30. The Bertz CT molecular complexity index is 619. The van der Waals surface area contributed by atoms with E-state index in [2.05, 4.69) is 0 Å². The summed E-state index contributed by atoms with van der Waals surface area (Å²) in [5, 5.41) is 0. The zero-order valence-electron chi connectivity index (χ0n) is 13.6. The van der Waals surface area contributed by atoms with E-state index in [9.17, 15) is 14.4 Å². The Morgan fingerprint density at radius 1 is 1.17 bits per heavy atom. The van der Waals surface area contributed by atoms with Gasteiger partial charge in [-0.1, -0.05) is 12.1 Å². The SMILES string of the molecule is CC(N)C1CCN(C(=O)CN2C(=O)c3ccccc3C2=O)CC1.Cl. The maximum absolute atomic E-state index is 12.4. The Morgan fingerprint density at radius 3 is 2.12 bits per heavy atom. The number of carbonyl (C=O) groups excluding carboxylic acids is 3. The number of piperidine rings is 1. The van der Waals surface area contributed by atoms with Gasteiger partial charge in [-0.05, 0) is 37.8 Å². The van der Waals surface area contributed by atoms with E-state index in [0.717, 1.165) is 17.7 Å². The summed E-state index contributed by atoms with van der Waals surface area (Å²) in [6.45, 7) is 3.07. The number of hydrogen-bond acceptors (Lipinski definition) is 4. The average Bonchev–Trinajstić information content (AvgIpc) is 2.80. The number of rotatable bonds is 3. The fraction of sp³-hybridized carbons (Fsp3) is 0.471. The molecule has 2 heterocycles. The van der Waals surface area contributed by atoms with Gasteiger partial charge in [0.05, 0.1) is 11.1 Å². The zero-order chi connectivity index (χ0) is 16.6. The fourth-order valence-corrected chi connectivity index (χ4v) is 3.29. The summed E-state index contributed by atoms with van der Waals surface area (Å²) in [5.41, 5.74) is 6.66. The van der Waals surface area contributed by atoms with Crippen molar-refractivity contribution < 1.29 is 14.4 Å². The summed E-state index contributed by atoms with van der Waals surface area (Å²) in [4.78, 5) is 39.8. The van der Waals surface area contributed by atoms with Crippen molar-refractivity contribution in [1.29, 1.82) is 0 Å². The van der Waals surface area contributed by atoms with Crippen molar-refractivity contribution >= 4 is 30.1 Å². The molecule has 0 bridgehead atoms. The molecule has 0 aromatic heterocycles. The average molecular weight is 352 g/mol. The van der Waals surface area contributed by atoms with Crippen molar-refractivity contribution in [2.45, 2.75) is 25.8 Å². The molecule has 3 rings (SSSR count). The smallest absolute Gasteiger partial charge is 0.262 e. The zero-order valence-corrected chi connectivity index (χ0v) is 14.4. The van der Waals surface area contributed by atoms with Crippen LogP contribution < -0.4 is 5.73 Å². The van der Waals surface area contributed by atoms with E-state index < -0.39 is 0 Å². The van der Waals surface area contributed by atoms with Gasteiger partial charge in [0.1, 0.15) is 6.54 Å². The largest absolute Gasteiger partial charge is 0.341 e. The van der Waals surface area contributed by atoms with Gasteiger partial charge < -0.3 is 10.6 Å². The Labute approximate surface area is 147 Å². The molecule has 0 saturated carbocycles. The van der Waals surface area contributed by atoms with Gasteiger partial charge >= 0.3 is 0 Å². The summed E-state index contributed by atoms with van der Waals surface area (Å²) in [5.74, 6) is -0.519. The van der Waals surface area contributed by atoms with E-state index in [1.165, 1.54) is 0 Å². The molecular weight excluding hydrogens is 330 g/mol. The van der Waals surface area contributed by atoms with E-state index in [-0.39, 0.29) is 42.7 Å². The van der Waals surface area contributed by atoms with Gasteiger partial charge in [-0.25, -0.2) is 0 Å². The van der Waals surface area contributed by atoms with E-state index in [4.69, 9.17) is 5.73 Å². The Morgan fingerprint density at radius 2 is 1.67 bits per heavy atom. The Hall–Kier alpha value is -1.92.